The van der Waals surface area contributed by atoms with E-state index in [4.69, 9.17) is 4.99 Å². The van der Waals surface area contributed by atoms with Crippen LogP contribution in [0.1, 0.15) is 90.2 Å². The Morgan fingerprint density at radius 1 is 1.11 bits per heavy atom. The highest BCUT2D eigenvalue weighted by atomic mass is 15.3. The van der Waals surface area contributed by atoms with Gasteiger partial charge in [-0.1, -0.05) is 39.0 Å². The zero-order valence-corrected chi connectivity index (χ0v) is 17.8. The smallest absolute Gasteiger partial charge is 0.191 e. The molecule has 1 aromatic heterocycles. The van der Waals surface area contributed by atoms with Crippen LogP contribution in [0.3, 0.4) is 0 Å². The summed E-state index contributed by atoms with van der Waals surface area (Å²) < 4.78 is 2.35. The molecule has 0 aromatic carbocycles. The highest BCUT2D eigenvalue weighted by Crippen LogP contribution is 2.15. The highest BCUT2D eigenvalue weighted by Gasteiger charge is 2.14. The summed E-state index contributed by atoms with van der Waals surface area (Å²) in [7, 11) is 0. The Kier molecular flexibility index (Phi) is 10.2. The van der Waals surface area contributed by atoms with E-state index in [0.29, 0.717) is 6.04 Å². The predicted octanol–water partition coefficient (Wildman–Crippen LogP) is 3.85. The molecule has 1 aliphatic rings. The van der Waals surface area contributed by atoms with E-state index in [-0.39, 0.29) is 0 Å². The lowest BCUT2D eigenvalue weighted by atomic mass is 10.1. The second kappa shape index (κ2) is 12.7. The standard InChI is InChI=1S/C21H40N6/c1-4-6-7-9-13-18(3)24-21(22-5-2)23-16-12-15-20-26-25-19-14-10-8-11-17-27(19)20/h18H,4-17H2,1-3H3,(H2,22,23,24). The molecule has 6 heteroatoms. The van der Waals surface area contributed by atoms with Crippen molar-refractivity contribution in [1.29, 1.82) is 0 Å². The Labute approximate surface area is 165 Å². The van der Waals surface area contributed by atoms with Crippen molar-refractivity contribution in [1.82, 2.24) is 25.4 Å². The fourth-order valence-electron chi connectivity index (χ4n) is 3.66. The first-order valence-electron chi connectivity index (χ1n) is 11.2. The van der Waals surface area contributed by atoms with Crippen LogP contribution >= 0.6 is 0 Å². The molecule has 0 aliphatic carbocycles. The molecule has 0 fully saturated rings. The van der Waals surface area contributed by atoms with Gasteiger partial charge in [-0.15, -0.1) is 10.2 Å². The minimum atomic E-state index is 0.465. The van der Waals surface area contributed by atoms with Gasteiger partial charge in [0, 0.05) is 38.5 Å². The highest BCUT2D eigenvalue weighted by molar-refractivity contribution is 5.80. The monoisotopic (exact) mass is 376 g/mol. The van der Waals surface area contributed by atoms with E-state index in [1.807, 2.05) is 0 Å². The van der Waals surface area contributed by atoms with Crippen LogP contribution in [-0.2, 0) is 19.4 Å². The third-order valence-electron chi connectivity index (χ3n) is 5.23. The Morgan fingerprint density at radius 3 is 2.81 bits per heavy atom. The largest absolute Gasteiger partial charge is 0.357 e. The van der Waals surface area contributed by atoms with Crippen LogP contribution in [0.25, 0.3) is 0 Å². The number of aromatic nitrogens is 3. The molecule has 1 atom stereocenters. The molecule has 2 rings (SSSR count). The molecule has 1 aliphatic heterocycles. The number of fused-ring (bicyclic) bond motifs is 1. The minimum Gasteiger partial charge on any atom is -0.357 e. The van der Waals surface area contributed by atoms with E-state index in [2.05, 4.69) is 46.2 Å². The molecule has 6 nitrogen and oxygen atoms in total. The molecule has 0 bridgehead atoms. The van der Waals surface area contributed by atoms with Gasteiger partial charge in [-0.3, -0.25) is 4.99 Å². The SMILES string of the molecule is CCCCCCC(C)NC(=NCCCc1nnc2n1CCCCC2)NCC. The van der Waals surface area contributed by atoms with Gasteiger partial charge < -0.3 is 15.2 Å². The van der Waals surface area contributed by atoms with Crippen LogP contribution in [-0.4, -0.2) is 39.9 Å². The molecule has 154 valence electrons. The molecule has 1 unspecified atom stereocenters. The van der Waals surface area contributed by atoms with Gasteiger partial charge in [-0.25, -0.2) is 0 Å². The van der Waals surface area contributed by atoms with Gasteiger partial charge in [0.15, 0.2) is 5.96 Å². The summed E-state index contributed by atoms with van der Waals surface area (Å²) in [6, 6.07) is 0.465. The van der Waals surface area contributed by atoms with Crippen LogP contribution in [0.15, 0.2) is 4.99 Å². The molecule has 0 saturated heterocycles. The van der Waals surface area contributed by atoms with Crippen molar-refractivity contribution in [3.05, 3.63) is 11.6 Å². The number of aryl methyl sites for hydroxylation is 2. The van der Waals surface area contributed by atoms with Gasteiger partial charge in [-0.2, -0.15) is 0 Å². The number of hydrogen-bond donors (Lipinski definition) is 2. The third kappa shape index (κ3) is 7.89. The topological polar surface area (TPSA) is 67.1 Å². The van der Waals surface area contributed by atoms with Crippen LogP contribution in [0.5, 0.6) is 0 Å². The van der Waals surface area contributed by atoms with E-state index in [1.165, 1.54) is 57.2 Å². The normalized spacial score (nSPS) is 15.9. The number of rotatable bonds is 11. The Hall–Kier alpha value is -1.59. The van der Waals surface area contributed by atoms with Crippen molar-refractivity contribution in [3.8, 4) is 0 Å². The number of hydrogen-bond acceptors (Lipinski definition) is 3. The maximum atomic E-state index is 4.76. The maximum absolute atomic E-state index is 4.76. The van der Waals surface area contributed by atoms with E-state index in [1.54, 1.807) is 0 Å². The quantitative estimate of drug-likeness (QED) is 0.350. The van der Waals surface area contributed by atoms with E-state index in [9.17, 15) is 0 Å². The van der Waals surface area contributed by atoms with Crippen LogP contribution in [0.2, 0.25) is 0 Å². The van der Waals surface area contributed by atoms with Crippen molar-refractivity contribution < 1.29 is 0 Å². The average molecular weight is 377 g/mol. The molecule has 2 heterocycles. The number of unbranched alkanes of at least 4 members (excludes halogenated alkanes) is 3. The van der Waals surface area contributed by atoms with E-state index < -0.39 is 0 Å². The summed E-state index contributed by atoms with van der Waals surface area (Å²) in [5, 5.41) is 15.7. The first kappa shape index (κ1) is 21.7. The Bertz CT molecular complexity index is 551. The van der Waals surface area contributed by atoms with Gasteiger partial charge >= 0.3 is 0 Å². The number of nitrogens with zero attached hydrogens (tertiary/aromatic N) is 4. The summed E-state index contributed by atoms with van der Waals surface area (Å²) in [6.45, 7) is 9.43. The van der Waals surface area contributed by atoms with Gasteiger partial charge in [0.25, 0.3) is 0 Å². The van der Waals surface area contributed by atoms with Crippen molar-refractivity contribution in [2.24, 2.45) is 4.99 Å². The average Bonchev–Trinajstić information content (AvgIpc) is 2.88. The first-order chi connectivity index (χ1) is 13.2. The molecule has 2 N–H and O–H groups in total. The lowest BCUT2D eigenvalue weighted by Crippen LogP contribution is -2.42. The Balaban J connectivity index is 1.75. The van der Waals surface area contributed by atoms with Gasteiger partial charge in [0.1, 0.15) is 11.6 Å². The molecule has 0 spiro atoms. The summed E-state index contributed by atoms with van der Waals surface area (Å²) in [5.41, 5.74) is 0. The first-order valence-corrected chi connectivity index (χ1v) is 11.2. The van der Waals surface area contributed by atoms with Gasteiger partial charge in [0.05, 0.1) is 0 Å². The fourth-order valence-corrected chi connectivity index (χ4v) is 3.66. The van der Waals surface area contributed by atoms with E-state index in [0.717, 1.165) is 50.7 Å². The van der Waals surface area contributed by atoms with Crippen molar-refractivity contribution in [2.45, 2.75) is 104 Å². The second-order valence-corrected chi connectivity index (χ2v) is 7.75. The molecule has 1 aromatic rings. The van der Waals surface area contributed by atoms with Gasteiger partial charge in [-0.05, 0) is 39.5 Å². The predicted molar refractivity (Wildman–Crippen MR) is 113 cm³/mol. The van der Waals surface area contributed by atoms with Crippen molar-refractivity contribution in [2.75, 3.05) is 13.1 Å². The van der Waals surface area contributed by atoms with Crippen LogP contribution in [0.4, 0.5) is 0 Å². The minimum absolute atomic E-state index is 0.465. The maximum Gasteiger partial charge on any atom is 0.191 e. The molecule has 0 saturated carbocycles. The van der Waals surface area contributed by atoms with Crippen LogP contribution in [0, 0.1) is 0 Å². The molecular weight excluding hydrogens is 336 g/mol. The molecule has 0 radical (unpaired) electrons. The Morgan fingerprint density at radius 2 is 2.00 bits per heavy atom. The zero-order chi connectivity index (χ0) is 19.3. The van der Waals surface area contributed by atoms with Gasteiger partial charge in [0.2, 0.25) is 0 Å². The number of guanidine groups is 1. The third-order valence-corrected chi connectivity index (χ3v) is 5.23. The summed E-state index contributed by atoms with van der Waals surface area (Å²) in [6.07, 6.45) is 13.3. The lowest BCUT2D eigenvalue weighted by Gasteiger charge is -2.17. The van der Waals surface area contributed by atoms with Crippen molar-refractivity contribution in [3.63, 3.8) is 0 Å². The number of aliphatic imine (C=N–C) groups is 1. The zero-order valence-electron chi connectivity index (χ0n) is 17.8. The second-order valence-electron chi connectivity index (χ2n) is 7.75. The summed E-state index contributed by atoms with van der Waals surface area (Å²) in [5.74, 6) is 3.27. The molecular formula is C21H40N6. The number of nitrogens with one attached hydrogen (secondary N) is 2. The molecule has 27 heavy (non-hydrogen) atoms. The molecule has 0 amide bonds. The van der Waals surface area contributed by atoms with Crippen molar-refractivity contribution >= 4 is 5.96 Å². The van der Waals surface area contributed by atoms with E-state index >= 15 is 0 Å². The summed E-state index contributed by atoms with van der Waals surface area (Å²) in [4.78, 5) is 4.76. The summed E-state index contributed by atoms with van der Waals surface area (Å²) >= 11 is 0. The van der Waals surface area contributed by atoms with Crippen LogP contribution < -0.4 is 10.6 Å². The lowest BCUT2D eigenvalue weighted by molar-refractivity contribution is 0.536. The fraction of sp³-hybridized carbons (Fsp3) is 0.857.